The number of carbonyl (C=O) groups excluding carboxylic acids is 2. The highest BCUT2D eigenvalue weighted by molar-refractivity contribution is 5.88. The molecule has 2 aromatic carbocycles. The lowest BCUT2D eigenvalue weighted by molar-refractivity contribution is -0.148. The minimum absolute atomic E-state index is 0.00530. The summed E-state index contributed by atoms with van der Waals surface area (Å²) in [6.07, 6.45) is 3.54. The normalized spacial score (nSPS) is 22.5. The zero-order chi connectivity index (χ0) is 24.6. The number of carboxylic acid groups (broad SMARTS) is 1. The molecule has 0 saturated heterocycles. The van der Waals surface area contributed by atoms with Gasteiger partial charge in [0.25, 0.3) is 0 Å². The number of amides is 2. The first-order valence-electron chi connectivity index (χ1n) is 12.5. The third kappa shape index (κ3) is 4.51. The predicted molar refractivity (Wildman–Crippen MR) is 131 cm³/mol. The molecule has 35 heavy (non-hydrogen) atoms. The molecule has 0 heterocycles. The maximum atomic E-state index is 13.0. The van der Waals surface area contributed by atoms with Crippen molar-refractivity contribution in [1.82, 2.24) is 10.6 Å². The molecule has 0 bridgehead atoms. The fourth-order valence-corrected chi connectivity index (χ4v) is 5.83. The number of nitrogens with one attached hydrogen (secondary N) is 2. The van der Waals surface area contributed by atoms with Crippen LogP contribution in [0.1, 0.15) is 56.1 Å². The third-order valence-corrected chi connectivity index (χ3v) is 8.07. The van der Waals surface area contributed by atoms with E-state index in [0.29, 0.717) is 13.0 Å². The molecule has 0 aromatic heterocycles. The number of fused-ring (bicyclic) bond motifs is 3. The molecule has 2 fully saturated rings. The molecule has 0 spiro atoms. The molecule has 184 valence electrons. The van der Waals surface area contributed by atoms with Crippen LogP contribution in [0.15, 0.2) is 48.5 Å². The van der Waals surface area contributed by atoms with Gasteiger partial charge in [0, 0.05) is 18.4 Å². The lowest BCUT2D eigenvalue weighted by Gasteiger charge is -2.29. The standard InChI is InChI=1S/C28H32N2O5/c1-28(26(32)33,18-13-14-18)30-25(31)19-12-6-7-17(19)15-29-27(34)35-16-24-22-10-4-2-8-20(22)21-9-3-5-11-23(21)24/h2-5,8-11,17-19,24H,6-7,12-16H2,1H3,(H,29,34)(H,30,31)(H,32,33). The van der Waals surface area contributed by atoms with E-state index in [4.69, 9.17) is 4.74 Å². The van der Waals surface area contributed by atoms with Crippen LogP contribution in [-0.4, -0.2) is 41.8 Å². The van der Waals surface area contributed by atoms with Crippen molar-refractivity contribution < 1.29 is 24.2 Å². The Kier molecular flexibility index (Phi) is 6.26. The zero-order valence-corrected chi connectivity index (χ0v) is 20.0. The fraction of sp³-hybridized carbons (Fsp3) is 0.464. The number of benzene rings is 2. The van der Waals surface area contributed by atoms with Crippen LogP contribution >= 0.6 is 0 Å². The number of alkyl carbamates (subject to hydrolysis) is 1. The molecule has 3 unspecified atom stereocenters. The van der Waals surface area contributed by atoms with E-state index in [-0.39, 0.29) is 36.2 Å². The molecule has 7 nitrogen and oxygen atoms in total. The SMILES string of the molecule is CC(NC(=O)C1CCCC1CNC(=O)OCC1c2ccccc2-c2ccccc21)(C(=O)O)C1CC1. The van der Waals surface area contributed by atoms with E-state index in [1.165, 1.54) is 11.1 Å². The Bertz CT molecular complexity index is 1100. The first-order chi connectivity index (χ1) is 16.9. The number of aliphatic carboxylic acids is 1. The van der Waals surface area contributed by atoms with Crippen molar-refractivity contribution in [3.05, 3.63) is 59.7 Å². The number of rotatable bonds is 8. The molecule has 3 aliphatic carbocycles. The summed E-state index contributed by atoms with van der Waals surface area (Å²) in [6, 6.07) is 16.4. The first kappa shape index (κ1) is 23.4. The topological polar surface area (TPSA) is 105 Å². The average Bonchev–Trinajstić information content (AvgIpc) is 3.53. The maximum absolute atomic E-state index is 13.0. The van der Waals surface area contributed by atoms with Gasteiger partial charge in [-0.2, -0.15) is 0 Å². The van der Waals surface area contributed by atoms with Crippen molar-refractivity contribution in [2.45, 2.75) is 50.5 Å². The van der Waals surface area contributed by atoms with E-state index in [9.17, 15) is 19.5 Å². The highest BCUT2D eigenvalue weighted by Crippen LogP contribution is 2.44. The smallest absolute Gasteiger partial charge is 0.407 e. The van der Waals surface area contributed by atoms with Gasteiger partial charge in [0.05, 0.1) is 0 Å². The van der Waals surface area contributed by atoms with Crippen LogP contribution in [0.4, 0.5) is 4.79 Å². The Morgan fingerprint density at radius 2 is 1.60 bits per heavy atom. The monoisotopic (exact) mass is 476 g/mol. The number of hydrogen-bond donors (Lipinski definition) is 3. The van der Waals surface area contributed by atoms with Crippen LogP contribution in [0.3, 0.4) is 0 Å². The molecule has 5 rings (SSSR count). The fourth-order valence-electron chi connectivity index (χ4n) is 5.83. The van der Waals surface area contributed by atoms with Crippen LogP contribution in [0.25, 0.3) is 11.1 Å². The minimum Gasteiger partial charge on any atom is -0.480 e. The van der Waals surface area contributed by atoms with Crippen LogP contribution in [0.5, 0.6) is 0 Å². The predicted octanol–water partition coefficient (Wildman–Crippen LogP) is 4.31. The molecular formula is C28H32N2O5. The van der Waals surface area contributed by atoms with Gasteiger partial charge in [-0.15, -0.1) is 0 Å². The number of carboxylic acids is 1. The van der Waals surface area contributed by atoms with Gasteiger partial charge >= 0.3 is 12.1 Å². The largest absolute Gasteiger partial charge is 0.480 e. The Hall–Kier alpha value is -3.35. The summed E-state index contributed by atoms with van der Waals surface area (Å²) < 4.78 is 5.62. The number of hydrogen-bond acceptors (Lipinski definition) is 4. The minimum atomic E-state index is -1.22. The maximum Gasteiger partial charge on any atom is 0.407 e. The van der Waals surface area contributed by atoms with Gasteiger partial charge in [-0.05, 0) is 66.7 Å². The van der Waals surface area contributed by atoms with Crippen molar-refractivity contribution in [2.75, 3.05) is 13.2 Å². The highest BCUT2D eigenvalue weighted by atomic mass is 16.5. The second-order valence-electron chi connectivity index (χ2n) is 10.3. The van der Waals surface area contributed by atoms with Gasteiger partial charge in [-0.25, -0.2) is 9.59 Å². The van der Waals surface area contributed by atoms with E-state index in [0.717, 1.165) is 36.8 Å². The molecule has 0 aliphatic heterocycles. The van der Waals surface area contributed by atoms with Gasteiger partial charge in [0.15, 0.2) is 0 Å². The van der Waals surface area contributed by atoms with E-state index in [1.807, 2.05) is 24.3 Å². The molecule has 0 radical (unpaired) electrons. The second kappa shape index (κ2) is 9.36. The van der Waals surface area contributed by atoms with Crippen molar-refractivity contribution >= 4 is 18.0 Å². The molecule has 3 N–H and O–H groups in total. The van der Waals surface area contributed by atoms with E-state index < -0.39 is 17.6 Å². The molecule has 3 atom stereocenters. The molecule has 7 heteroatoms. The summed E-state index contributed by atoms with van der Waals surface area (Å²) >= 11 is 0. The van der Waals surface area contributed by atoms with Crippen LogP contribution in [0, 0.1) is 17.8 Å². The van der Waals surface area contributed by atoms with Gasteiger partial charge in [-0.1, -0.05) is 55.0 Å². The zero-order valence-electron chi connectivity index (χ0n) is 20.0. The highest BCUT2D eigenvalue weighted by Gasteiger charge is 2.50. The number of ether oxygens (including phenoxy) is 1. The summed E-state index contributed by atoms with van der Waals surface area (Å²) in [5.41, 5.74) is 3.45. The Balaban J connectivity index is 1.16. The summed E-state index contributed by atoms with van der Waals surface area (Å²) in [5, 5.41) is 15.3. The van der Waals surface area contributed by atoms with Crippen LogP contribution in [0.2, 0.25) is 0 Å². The summed E-state index contributed by atoms with van der Waals surface area (Å²) in [5.74, 6) is -1.57. The molecule has 2 aromatic rings. The van der Waals surface area contributed by atoms with Crippen molar-refractivity contribution in [2.24, 2.45) is 17.8 Å². The second-order valence-corrected chi connectivity index (χ2v) is 10.3. The summed E-state index contributed by atoms with van der Waals surface area (Å²) in [7, 11) is 0. The molecular weight excluding hydrogens is 444 g/mol. The van der Waals surface area contributed by atoms with Crippen LogP contribution in [-0.2, 0) is 14.3 Å². The quantitative estimate of drug-likeness (QED) is 0.527. The van der Waals surface area contributed by atoms with Crippen molar-refractivity contribution in [1.29, 1.82) is 0 Å². The number of carbonyl (C=O) groups is 3. The molecule has 2 amide bonds. The Morgan fingerprint density at radius 3 is 2.20 bits per heavy atom. The van der Waals surface area contributed by atoms with Crippen molar-refractivity contribution in [3.8, 4) is 11.1 Å². The van der Waals surface area contributed by atoms with Crippen molar-refractivity contribution in [3.63, 3.8) is 0 Å². The summed E-state index contributed by atoms with van der Waals surface area (Å²) in [6.45, 7) is 2.18. The lowest BCUT2D eigenvalue weighted by Crippen LogP contribution is -2.56. The first-order valence-corrected chi connectivity index (χ1v) is 12.5. The van der Waals surface area contributed by atoms with E-state index in [1.54, 1.807) is 6.92 Å². The Morgan fingerprint density at radius 1 is 0.971 bits per heavy atom. The third-order valence-electron chi connectivity index (χ3n) is 8.07. The summed E-state index contributed by atoms with van der Waals surface area (Å²) in [4.78, 5) is 37.3. The van der Waals surface area contributed by atoms with Crippen LogP contribution < -0.4 is 10.6 Å². The van der Waals surface area contributed by atoms with Gasteiger partial charge in [-0.3, -0.25) is 4.79 Å². The van der Waals surface area contributed by atoms with E-state index >= 15 is 0 Å². The van der Waals surface area contributed by atoms with Gasteiger partial charge in [0.1, 0.15) is 12.1 Å². The Labute approximate surface area is 205 Å². The lowest BCUT2D eigenvalue weighted by atomic mass is 9.91. The molecule has 3 aliphatic rings. The van der Waals surface area contributed by atoms with Gasteiger partial charge < -0.3 is 20.5 Å². The average molecular weight is 477 g/mol. The van der Waals surface area contributed by atoms with Gasteiger partial charge in [0.2, 0.25) is 5.91 Å². The van der Waals surface area contributed by atoms with E-state index in [2.05, 4.69) is 34.9 Å². The molecule has 2 saturated carbocycles.